The monoisotopic (exact) mass is 222 g/mol. The Balaban J connectivity index is 2.09. The van der Waals surface area contributed by atoms with Gasteiger partial charge in [-0.1, -0.05) is 0 Å². The van der Waals surface area contributed by atoms with Crippen LogP contribution in [0.25, 0.3) is 0 Å². The summed E-state index contributed by atoms with van der Waals surface area (Å²) in [6.45, 7) is 3.11. The van der Waals surface area contributed by atoms with Crippen molar-refractivity contribution >= 4 is 11.6 Å². The number of anilines is 2. The molecule has 1 aliphatic rings. The summed E-state index contributed by atoms with van der Waals surface area (Å²) in [6, 6.07) is 2.52. The third-order valence-corrected chi connectivity index (χ3v) is 2.39. The molecule has 0 aliphatic heterocycles. The first kappa shape index (κ1) is 11.1. The molecule has 0 radical (unpaired) electrons. The fraction of sp³-hybridized carbons (Fsp3) is 0.636. The molecule has 0 aromatic carbocycles. The maximum Gasteiger partial charge on any atom is 0.158 e. The molecular weight excluding hydrogens is 204 g/mol. The SMILES string of the molecule is CCOCc1nc(NC)cc(NC2CC2)n1. The number of aromatic nitrogens is 2. The highest BCUT2D eigenvalue weighted by Crippen LogP contribution is 2.24. The van der Waals surface area contributed by atoms with Gasteiger partial charge in [0.05, 0.1) is 0 Å². The fourth-order valence-corrected chi connectivity index (χ4v) is 1.39. The predicted octanol–water partition coefficient (Wildman–Crippen LogP) is 1.63. The molecule has 0 atom stereocenters. The molecule has 0 amide bonds. The Morgan fingerprint density at radius 1 is 1.38 bits per heavy atom. The summed E-state index contributed by atoms with van der Waals surface area (Å²) in [7, 11) is 1.85. The van der Waals surface area contributed by atoms with Crippen molar-refractivity contribution in [2.75, 3.05) is 24.3 Å². The number of rotatable bonds is 6. The zero-order valence-electron chi connectivity index (χ0n) is 9.79. The number of hydrogen-bond donors (Lipinski definition) is 2. The summed E-state index contributed by atoms with van der Waals surface area (Å²) in [5.41, 5.74) is 0. The second-order valence-electron chi connectivity index (χ2n) is 3.86. The Bertz CT molecular complexity index is 352. The van der Waals surface area contributed by atoms with Crippen molar-refractivity contribution in [1.82, 2.24) is 9.97 Å². The Kier molecular flexibility index (Phi) is 3.56. The summed E-state index contributed by atoms with van der Waals surface area (Å²) in [5.74, 6) is 2.43. The lowest BCUT2D eigenvalue weighted by atomic mass is 10.4. The van der Waals surface area contributed by atoms with Gasteiger partial charge in [0.25, 0.3) is 0 Å². The minimum atomic E-state index is 0.464. The predicted molar refractivity (Wildman–Crippen MR) is 63.6 cm³/mol. The Labute approximate surface area is 95.6 Å². The summed E-state index contributed by atoms with van der Waals surface area (Å²) in [5, 5.41) is 6.39. The van der Waals surface area contributed by atoms with Crippen LogP contribution in [0.1, 0.15) is 25.6 Å². The van der Waals surface area contributed by atoms with E-state index < -0.39 is 0 Å². The van der Waals surface area contributed by atoms with Gasteiger partial charge in [0.15, 0.2) is 5.82 Å². The Morgan fingerprint density at radius 2 is 2.12 bits per heavy atom. The third kappa shape index (κ3) is 3.06. The fourth-order valence-electron chi connectivity index (χ4n) is 1.39. The molecule has 0 bridgehead atoms. The molecule has 88 valence electrons. The molecule has 0 unspecified atom stereocenters. The Hall–Kier alpha value is -1.36. The lowest BCUT2D eigenvalue weighted by molar-refractivity contribution is 0.128. The molecule has 1 fully saturated rings. The molecule has 2 rings (SSSR count). The van der Waals surface area contributed by atoms with Gasteiger partial charge in [-0.2, -0.15) is 0 Å². The van der Waals surface area contributed by atoms with Crippen molar-refractivity contribution in [1.29, 1.82) is 0 Å². The van der Waals surface area contributed by atoms with Gasteiger partial charge in [-0.3, -0.25) is 0 Å². The average Bonchev–Trinajstić information content (AvgIpc) is 3.10. The minimum absolute atomic E-state index is 0.464. The Morgan fingerprint density at radius 3 is 2.75 bits per heavy atom. The zero-order valence-corrected chi connectivity index (χ0v) is 9.79. The van der Waals surface area contributed by atoms with Crippen LogP contribution in [-0.4, -0.2) is 29.7 Å². The molecule has 1 heterocycles. The van der Waals surface area contributed by atoms with Crippen molar-refractivity contribution in [3.63, 3.8) is 0 Å². The van der Waals surface area contributed by atoms with Gasteiger partial charge in [-0.25, -0.2) is 9.97 Å². The average molecular weight is 222 g/mol. The van der Waals surface area contributed by atoms with Crippen LogP contribution in [0, 0.1) is 0 Å². The van der Waals surface area contributed by atoms with Crippen molar-refractivity contribution < 1.29 is 4.74 Å². The van der Waals surface area contributed by atoms with Crippen molar-refractivity contribution in [3.8, 4) is 0 Å². The lowest BCUT2D eigenvalue weighted by Crippen LogP contribution is -2.08. The number of nitrogens with zero attached hydrogens (tertiary/aromatic N) is 2. The van der Waals surface area contributed by atoms with E-state index in [9.17, 15) is 0 Å². The molecule has 2 N–H and O–H groups in total. The quantitative estimate of drug-likeness (QED) is 0.766. The summed E-state index contributed by atoms with van der Waals surface area (Å²) >= 11 is 0. The van der Waals surface area contributed by atoms with E-state index >= 15 is 0 Å². The van der Waals surface area contributed by atoms with E-state index in [1.807, 2.05) is 20.0 Å². The van der Waals surface area contributed by atoms with Crippen LogP contribution >= 0.6 is 0 Å². The number of nitrogens with one attached hydrogen (secondary N) is 2. The molecule has 0 spiro atoms. The van der Waals surface area contributed by atoms with Crippen molar-refractivity contribution in [2.45, 2.75) is 32.4 Å². The van der Waals surface area contributed by atoms with Crippen LogP contribution in [-0.2, 0) is 11.3 Å². The number of hydrogen-bond acceptors (Lipinski definition) is 5. The van der Waals surface area contributed by atoms with Crippen LogP contribution in [0.5, 0.6) is 0 Å². The van der Waals surface area contributed by atoms with Gasteiger partial charge in [0, 0.05) is 25.8 Å². The molecule has 5 heteroatoms. The van der Waals surface area contributed by atoms with E-state index in [0.29, 0.717) is 19.3 Å². The molecular formula is C11H18N4O. The summed E-state index contributed by atoms with van der Waals surface area (Å²) in [4.78, 5) is 8.74. The first-order valence-electron chi connectivity index (χ1n) is 5.71. The van der Waals surface area contributed by atoms with Gasteiger partial charge >= 0.3 is 0 Å². The molecule has 1 aromatic heterocycles. The maximum absolute atomic E-state index is 5.31. The molecule has 1 saturated carbocycles. The van der Waals surface area contributed by atoms with E-state index in [-0.39, 0.29) is 0 Å². The molecule has 0 saturated heterocycles. The highest BCUT2D eigenvalue weighted by Gasteiger charge is 2.21. The molecule has 1 aromatic rings. The minimum Gasteiger partial charge on any atom is -0.374 e. The third-order valence-electron chi connectivity index (χ3n) is 2.39. The number of ether oxygens (including phenoxy) is 1. The summed E-state index contributed by atoms with van der Waals surface area (Å²) in [6.07, 6.45) is 2.47. The van der Waals surface area contributed by atoms with E-state index in [2.05, 4.69) is 20.6 Å². The molecule has 1 aliphatic carbocycles. The van der Waals surface area contributed by atoms with Crippen LogP contribution in [0.3, 0.4) is 0 Å². The highest BCUT2D eigenvalue weighted by molar-refractivity contribution is 5.48. The second kappa shape index (κ2) is 5.12. The van der Waals surface area contributed by atoms with Gasteiger partial charge in [0.2, 0.25) is 0 Å². The highest BCUT2D eigenvalue weighted by atomic mass is 16.5. The smallest absolute Gasteiger partial charge is 0.158 e. The van der Waals surface area contributed by atoms with Crippen molar-refractivity contribution in [3.05, 3.63) is 11.9 Å². The second-order valence-corrected chi connectivity index (χ2v) is 3.86. The molecule has 5 nitrogen and oxygen atoms in total. The van der Waals surface area contributed by atoms with Crippen LogP contribution in [0.15, 0.2) is 6.07 Å². The van der Waals surface area contributed by atoms with Crippen LogP contribution in [0.4, 0.5) is 11.6 Å². The van der Waals surface area contributed by atoms with E-state index in [4.69, 9.17) is 4.74 Å². The first-order valence-corrected chi connectivity index (χ1v) is 5.71. The standard InChI is InChI=1S/C11H18N4O/c1-3-16-7-11-14-9(12-2)6-10(15-11)13-8-4-5-8/h6,8H,3-5,7H2,1-2H3,(H2,12,13,14,15). The zero-order chi connectivity index (χ0) is 11.4. The van der Waals surface area contributed by atoms with Gasteiger partial charge < -0.3 is 15.4 Å². The first-order chi connectivity index (χ1) is 7.81. The van der Waals surface area contributed by atoms with E-state index in [1.165, 1.54) is 12.8 Å². The topological polar surface area (TPSA) is 59.1 Å². The van der Waals surface area contributed by atoms with Gasteiger partial charge in [0.1, 0.15) is 18.2 Å². The largest absolute Gasteiger partial charge is 0.374 e. The lowest BCUT2D eigenvalue weighted by Gasteiger charge is -2.09. The van der Waals surface area contributed by atoms with Gasteiger partial charge in [-0.15, -0.1) is 0 Å². The van der Waals surface area contributed by atoms with Crippen LogP contribution in [0.2, 0.25) is 0 Å². The van der Waals surface area contributed by atoms with E-state index in [1.54, 1.807) is 0 Å². The maximum atomic E-state index is 5.31. The van der Waals surface area contributed by atoms with Crippen LogP contribution < -0.4 is 10.6 Å². The van der Waals surface area contributed by atoms with E-state index in [0.717, 1.165) is 17.5 Å². The molecule has 16 heavy (non-hydrogen) atoms. The van der Waals surface area contributed by atoms with Gasteiger partial charge in [-0.05, 0) is 19.8 Å². The van der Waals surface area contributed by atoms with Crippen molar-refractivity contribution in [2.24, 2.45) is 0 Å². The normalized spacial score (nSPS) is 14.9. The summed E-state index contributed by atoms with van der Waals surface area (Å²) < 4.78 is 5.31.